The average molecular weight is 377 g/mol. The first-order chi connectivity index (χ1) is 12.1. The predicted molar refractivity (Wildman–Crippen MR) is 98.9 cm³/mol. The maximum atomic E-state index is 12.1. The fourth-order valence-corrected chi connectivity index (χ4v) is 3.29. The van der Waals surface area contributed by atoms with Gasteiger partial charge in [-0.05, 0) is 44.2 Å². The molecule has 0 spiro atoms. The lowest BCUT2D eigenvalue weighted by molar-refractivity contribution is -0.113. The summed E-state index contributed by atoms with van der Waals surface area (Å²) < 4.78 is 7.31. The van der Waals surface area contributed by atoms with E-state index in [0.29, 0.717) is 22.4 Å². The van der Waals surface area contributed by atoms with Gasteiger partial charge in [-0.15, -0.1) is 10.2 Å². The highest BCUT2D eigenvalue weighted by Crippen LogP contribution is 2.27. The van der Waals surface area contributed by atoms with Gasteiger partial charge >= 0.3 is 0 Å². The Morgan fingerprint density at radius 1 is 1.28 bits per heavy atom. The number of halogens is 1. The molecule has 8 heteroatoms. The molecule has 1 aromatic carbocycles. The fraction of sp³-hybridized carbons (Fsp3) is 0.235. The maximum Gasteiger partial charge on any atom is 0.234 e. The van der Waals surface area contributed by atoms with Crippen molar-refractivity contribution in [3.63, 3.8) is 0 Å². The van der Waals surface area contributed by atoms with Crippen LogP contribution in [0, 0.1) is 6.92 Å². The third kappa shape index (κ3) is 4.05. The summed E-state index contributed by atoms with van der Waals surface area (Å²) >= 11 is 7.18. The van der Waals surface area contributed by atoms with Crippen LogP contribution in [0.2, 0.25) is 5.02 Å². The Labute approximate surface area is 154 Å². The van der Waals surface area contributed by atoms with Crippen molar-refractivity contribution in [2.45, 2.75) is 25.5 Å². The van der Waals surface area contributed by atoms with Gasteiger partial charge in [0, 0.05) is 17.3 Å². The van der Waals surface area contributed by atoms with Gasteiger partial charge in [-0.25, -0.2) is 0 Å². The van der Waals surface area contributed by atoms with Crippen LogP contribution < -0.4 is 5.32 Å². The van der Waals surface area contributed by atoms with Crippen LogP contribution in [0.25, 0.3) is 11.4 Å². The molecular formula is C17H17ClN4O2S. The molecule has 3 rings (SSSR count). The van der Waals surface area contributed by atoms with E-state index in [9.17, 15) is 4.79 Å². The molecule has 0 atom stereocenters. The van der Waals surface area contributed by atoms with Gasteiger partial charge in [-0.2, -0.15) is 0 Å². The highest BCUT2D eigenvalue weighted by Gasteiger charge is 2.17. The van der Waals surface area contributed by atoms with Crippen LogP contribution in [-0.4, -0.2) is 26.4 Å². The highest BCUT2D eigenvalue weighted by molar-refractivity contribution is 7.99. The van der Waals surface area contributed by atoms with Crippen LogP contribution in [0.1, 0.15) is 12.7 Å². The number of furan rings is 1. The normalized spacial score (nSPS) is 10.8. The van der Waals surface area contributed by atoms with Gasteiger partial charge < -0.3 is 14.3 Å². The van der Waals surface area contributed by atoms with Crippen LogP contribution >= 0.6 is 23.4 Å². The third-order valence-corrected chi connectivity index (χ3v) is 4.81. The molecule has 0 aliphatic carbocycles. The zero-order valence-corrected chi connectivity index (χ0v) is 15.4. The Balaban J connectivity index is 1.67. The van der Waals surface area contributed by atoms with E-state index in [-0.39, 0.29) is 11.7 Å². The van der Waals surface area contributed by atoms with Gasteiger partial charge in [0.2, 0.25) is 5.91 Å². The van der Waals surface area contributed by atoms with E-state index < -0.39 is 0 Å². The summed E-state index contributed by atoms with van der Waals surface area (Å²) in [6, 6.07) is 8.86. The standard InChI is InChI=1S/C17H17ClN4O2S/c1-3-22-16(14-8-9-24-11(14)2)20-21-17(22)25-10-15(23)19-13-6-4-12(18)5-7-13/h4-9H,3,10H2,1-2H3,(H,19,23). The number of hydrogen-bond donors (Lipinski definition) is 1. The maximum absolute atomic E-state index is 12.1. The number of benzene rings is 1. The van der Waals surface area contributed by atoms with E-state index in [0.717, 1.165) is 17.1 Å². The summed E-state index contributed by atoms with van der Waals surface area (Å²) in [4.78, 5) is 12.1. The molecule has 0 saturated carbocycles. The molecule has 0 unspecified atom stereocenters. The van der Waals surface area contributed by atoms with Crippen molar-refractivity contribution in [3.8, 4) is 11.4 Å². The molecule has 130 valence electrons. The predicted octanol–water partition coefficient (Wildman–Crippen LogP) is 4.25. The molecule has 2 aromatic heterocycles. The molecule has 2 heterocycles. The number of amides is 1. The summed E-state index contributed by atoms with van der Waals surface area (Å²) in [5.74, 6) is 1.66. The number of anilines is 1. The van der Waals surface area contributed by atoms with Crippen LogP contribution in [-0.2, 0) is 11.3 Å². The third-order valence-electron chi connectivity index (χ3n) is 3.59. The molecule has 0 radical (unpaired) electrons. The molecule has 0 aliphatic heterocycles. The minimum atomic E-state index is -0.112. The number of nitrogens with one attached hydrogen (secondary N) is 1. The number of carbonyl (C=O) groups is 1. The molecule has 6 nitrogen and oxygen atoms in total. The number of thioether (sulfide) groups is 1. The smallest absolute Gasteiger partial charge is 0.234 e. The van der Waals surface area contributed by atoms with Crippen molar-refractivity contribution in [1.82, 2.24) is 14.8 Å². The minimum absolute atomic E-state index is 0.112. The minimum Gasteiger partial charge on any atom is -0.469 e. The second kappa shape index (κ2) is 7.76. The van der Waals surface area contributed by atoms with E-state index in [1.165, 1.54) is 11.8 Å². The zero-order chi connectivity index (χ0) is 17.8. The van der Waals surface area contributed by atoms with E-state index >= 15 is 0 Å². The number of hydrogen-bond acceptors (Lipinski definition) is 5. The Morgan fingerprint density at radius 3 is 2.68 bits per heavy atom. The Bertz CT molecular complexity index is 873. The van der Waals surface area contributed by atoms with Gasteiger partial charge in [0.15, 0.2) is 11.0 Å². The van der Waals surface area contributed by atoms with Gasteiger partial charge in [-0.3, -0.25) is 4.79 Å². The Morgan fingerprint density at radius 2 is 2.04 bits per heavy atom. The highest BCUT2D eigenvalue weighted by atomic mass is 35.5. The number of rotatable bonds is 6. The largest absolute Gasteiger partial charge is 0.469 e. The van der Waals surface area contributed by atoms with E-state index in [1.807, 2.05) is 24.5 Å². The van der Waals surface area contributed by atoms with Crippen LogP contribution in [0.5, 0.6) is 0 Å². The summed E-state index contributed by atoms with van der Waals surface area (Å²) in [6.07, 6.45) is 1.63. The molecular weight excluding hydrogens is 360 g/mol. The topological polar surface area (TPSA) is 73.0 Å². The lowest BCUT2D eigenvalue weighted by atomic mass is 10.2. The molecule has 0 saturated heterocycles. The van der Waals surface area contributed by atoms with Crippen LogP contribution in [0.15, 0.2) is 46.2 Å². The number of nitrogens with zero attached hydrogens (tertiary/aromatic N) is 3. The van der Waals surface area contributed by atoms with Crippen molar-refractivity contribution < 1.29 is 9.21 Å². The van der Waals surface area contributed by atoms with E-state index in [2.05, 4.69) is 15.5 Å². The van der Waals surface area contributed by atoms with Crippen LogP contribution in [0.3, 0.4) is 0 Å². The molecule has 0 fully saturated rings. The van der Waals surface area contributed by atoms with Gasteiger partial charge in [0.1, 0.15) is 5.76 Å². The average Bonchev–Trinajstić information content (AvgIpc) is 3.20. The molecule has 1 N–H and O–H groups in total. The first-order valence-electron chi connectivity index (χ1n) is 7.74. The Kier molecular flexibility index (Phi) is 5.45. The van der Waals surface area contributed by atoms with E-state index in [4.69, 9.17) is 16.0 Å². The molecule has 1 amide bonds. The monoisotopic (exact) mass is 376 g/mol. The SMILES string of the molecule is CCn1c(SCC(=O)Nc2ccc(Cl)cc2)nnc1-c1ccoc1C. The number of carbonyl (C=O) groups excluding carboxylic acids is 1. The van der Waals surface area contributed by atoms with Crippen molar-refractivity contribution in [3.05, 3.63) is 47.4 Å². The number of aromatic nitrogens is 3. The summed E-state index contributed by atoms with van der Waals surface area (Å²) in [6.45, 7) is 4.60. The lowest BCUT2D eigenvalue weighted by Gasteiger charge is -2.07. The second-order valence-corrected chi connectivity index (χ2v) is 6.66. The van der Waals surface area contributed by atoms with Crippen molar-refractivity contribution in [1.29, 1.82) is 0 Å². The summed E-state index contributed by atoms with van der Waals surface area (Å²) in [7, 11) is 0. The first kappa shape index (κ1) is 17.6. The fourth-order valence-electron chi connectivity index (χ4n) is 2.36. The molecule has 25 heavy (non-hydrogen) atoms. The van der Waals surface area contributed by atoms with Gasteiger partial charge in [0.25, 0.3) is 0 Å². The Hall–Kier alpha value is -2.25. The van der Waals surface area contributed by atoms with Gasteiger partial charge in [0.05, 0.1) is 17.6 Å². The van der Waals surface area contributed by atoms with Crippen LogP contribution in [0.4, 0.5) is 5.69 Å². The number of aryl methyl sites for hydroxylation is 1. The zero-order valence-electron chi connectivity index (χ0n) is 13.8. The molecule has 0 bridgehead atoms. The summed E-state index contributed by atoms with van der Waals surface area (Å²) in [5, 5.41) is 12.6. The van der Waals surface area contributed by atoms with E-state index in [1.54, 1.807) is 30.5 Å². The van der Waals surface area contributed by atoms with Crippen molar-refractivity contribution in [2.24, 2.45) is 0 Å². The van der Waals surface area contributed by atoms with Crippen molar-refractivity contribution in [2.75, 3.05) is 11.1 Å². The quantitative estimate of drug-likeness (QED) is 0.651. The van der Waals surface area contributed by atoms with Crippen molar-refractivity contribution >= 4 is 35.0 Å². The second-order valence-electron chi connectivity index (χ2n) is 5.28. The van der Waals surface area contributed by atoms with Gasteiger partial charge in [-0.1, -0.05) is 23.4 Å². The summed E-state index contributed by atoms with van der Waals surface area (Å²) in [5.41, 5.74) is 1.62. The molecule has 3 aromatic rings. The lowest BCUT2D eigenvalue weighted by Crippen LogP contribution is -2.14. The first-order valence-corrected chi connectivity index (χ1v) is 9.10. The molecule has 0 aliphatic rings.